The Bertz CT molecular complexity index is 98.2. The Labute approximate surface area is 47.2 Å². The molecule has 1 aliphatic rings. The lowest BCUT2D eigenvalue weighted by Crippen LogP contribution is -2.25. The van der Waals surface area contributed by atoms with Crippen LogP contribution in [0.15, 0.2) is 0 Å². The minimum Gasteiger partial charge on any atom is -0.235 e. The van der Waals surface area contributed by atoms with E-state index in [0.29, 0.717) is 13.1 Å². The van der Waals surface area contributed by atoms with E-state index in [-0.39, 0.29) is 5.03 Å². The highest BCUT2D eigenvalue weighted by Gasteiger charge is 2.18. The first kappa shape index (κ1) is 5.34. The zero-order valence-electron chi connectivity index (χ0n) is 4.54. The SMILES string of the molecule is O=[N+]([O-])N1CCCC1. The fourth-order valence-corrected chi connectivity index (χ4v) is 0.864. The Morgan fingerprint density at radius 1 is 1.38 bits per heavy atom. The second kappa shape index (κ2) is 1.98. The Balaban J connectivity index is 2.35. The zero-order valence-corrected chi connectivity index (χ0v) is 4.54. The molecule has 0 bridgehead atoms. The van der Waals surface area contributed by atoms with E-state index in [1.807, 2.05) is 0 Å². The van der Waals surface area contributed by atoms with Crippen LogP contribution in [0.25, 0.3) is 0 Å². The Hall–Kier alpha value is -0.800. The lowest BCUT2D eigenvalue weighted by atomic mass is 10.4. The second-order valence-electron chi connectivity index (χ2n) is 1.90. The van der Waals surface area contributed by atoms with Gasteiger partial charge >= 0.3 is 0 Å². The monoisotopic (exact) mass is 116 g/mol. The van der Waals surface area contributed by atoms with E-state index < -0.39 is 0 Å². The smallest absolute Gasteiger partial charge is 0.160 e. The molecule has 0 aromatic rings. The van der Waals surface area contributed by atoms with Gasteiger partial charge in [0.2, 0.25) is 0 Å². The molecule has 0 radical (unpaired) electrons. The van der Waals surface area contributed by atoms with E-state index in [2.05, 4.69) is 0 Å². The van der Waals surface area contributed by atoms with Crippen LogP contribution in [0.5, 0.6) is 0 Å². The summed E-state index contributed by atoms with van der Waals surface area (Å²) >= 11 is 0. The van der Waals surface area contributed by atoms with Gasteiger partial charge < -0.3 is 0 Å². The maximum atomic E-state index is 9.93. The Morgan fingerprint density at radius 2 is 1.88 bits per heavy atom. The summed E-state index contributed by atoms with van der Waals surface area (Å²) in [6.07, 6.45) is 1.95. The van der Waals surface area contributed by atoms with Crippen LogP contribution in [-0.4, -0.2) is 23.1 Å². The minimum atomic E-state index is -0.326. The summed E-state index contributed by atoms with van der Waals surface area (Å²) in [6.45, 7) is 1.26. The predicted octanol–water partition coefficient (Wildman–Crippen LogP) is 0.274. The lowest BCUT2D eigenvalue weighted by molar-refractivity contribution is -0.650. The summed E-state index contributed by atoms with van der Waals surface area (Å²) in [5, 5.41) is 10.9. The minimum absolute atomic E-state index is 0.326. The molecule has 1 rings (SSSR count). The van der Waals surface area contributed by atoms with Gasteiger partial charge in [0, 0.05) is 0 Å². The molecule has 1 fully saturated rings. The van der Waals surface area contributed by atoms with Crippen molar-refractivity contribution in [2.75, 3.05) is 13.1 Å². The van der Waals surface area contributed by atoms with Crippen LogP contribution in [-0.2, 0) is 0 Å². The molecule has 4 nitrogen and oxygen atoms in total. The summed E-state index contributed by atoms with van der Waals surface area (Å²) in [6, 6.07) is 0. The average Bonchev–Trinajstić information content (AvgIpc) is 2.12. The molecule has 0 aromatic heterocycles. The van der Waals surface area contributed by atoms with Crippen LogP contribution >= 0.6 is 0 Å². The maximum Gasteiger partial charge on any atom is 0.160 e. The molecule has 4 heteroatoms. The molecule has 0 amide bonds. The van der Waals surface area contributed by atoms with E-state index in [1.54, 1.807) is 0 Å². The van der Waals surface area contributed by atoms with Crippen molar-refractivity contribution in [1.29, 1.82) is 0 Å². The van der Waals surface area contributed by atoms with Crippen LogP contribution in [0, 0.1) is 10.1 Å². The van der Waals surface area contributed by atoms with E-state index >= 15 is 0 Å². The molecule has 8 heavy (non-hydrogen) atoms. The van der Waals surface area contributed by atoms with Gasteiger partial charge in [0.25, 0.3) is 0 Å². The molecular formula is C4H8N2O2. The molecule has 1 aliphatic heterocycles. The Kier molecular flexibility index (Phi) is 1.32. The highest BCUT2D eigenvalue weighted by Crippen LogP contribution is 2.05. The topological polar surface area (TPSA) is 46.4 Å². The highest BCUT2D eigenvalue weighted by molar-refractivity contribution is 4.55. The van der Waals surface area contributed by atoms with Crippen molar-refractivity contribution in [3.63, 3.8) is 0 Å². The molecule has 1 heterocycles. The number of nitro groups is 1. The van der Waals surface area contributed by atoms with Crippen LogP contribution in [0.1, 0.15) is 12.8 Å². The number of hydrogen-bond donors (Lipinski definition) is 0. The highest BCUT2D eigenvalue weighted by atomic mass is 16.7. The Morgan fingerprint density at radius 3 is 2.12 bits per heavy atom. The van der Waals surface area contributed by atoms with Crippen LogP contribution < -0.4 is 0 Å². The molecule has 0 atom stereocenters. The van der Waals surface area contributed by atoms with Gasteiger partial charge in [-0.15, -0.1) is 5.01 Å². The van der Waals surface area contributed by atoms with Gasteiger partial charge in [0.15, 0.2) is 5.03 Å². The third-order valence-corrected chi connectivity index (χ3v) is 1.31. The van der Waals surface area contributed by atoms with E-state index in [9.17, 15) is 10.1 Å². The number of hydrazine groups is 1. The molecule has 0 N–H and O–H groups in total. The lowest BCUT2D eigenvalue weighted by Gasteiger charge is -2.01. The van der Waals surface area contributed by atoms with Crippen LogP contribution in [0.4, 0.5) is 0 Å². The maximum absolute atomic E-state index is 9.93. The van der Waals surface area contributed by atoms with Gasteiger partial charge in [0.1, 0.15) is 0 Å². The van der Waals surface area contributed by atoms with Gasteiger partial charge in [0.05, 0.1) is 13.1 Å². The van der Waals surface area contributed by atoms with E-state index in [4.69, 9.17) is 0 Å². The largest absolute Gasteiger partial charge is 0.235 e. The molecule has 0 spiro atoms. The van der Waals surface area contributed by atoms with E-state index in [1.165, 1.54) is 5.01 Å². The van der Waals surface area contributed by atoms with Crippen molar-refractivity contribution in [3.05, 3.63) is 10.1 Å². The van der Waals surface area contributed by atoms with Crippen molar-refractivity contribution >= 4 is 0 Å². The third-order valence-electron chi connectivity index (χ3n) is 1.31. The van der Waals surface area contributed by atoms with Crippen molar-refractivity contribution in [2.45, 2.75) is 12.8 Å². The molecular weight excluding hydrogens is 108 g/mol. The molecule has 0 aliphatic carbocycles. The van der Waals surface area contributed by atoms with Crippen molar-refractivity contribution < 1.29 is 5.03 Å². The fourth-order valence-electron chi connectivity index (χ4n) is 0.864. The number of rotatable bonds is 1. The summed E-state index contributed by atoms with van der Waals surface area (Å²) in [4.78, 5) is 9.93. The van der Waals surface area contributed by atoms with Gasteiger partial charge in [-0.1, -0.05) is 0 Å². The fraction of sp³-hybridized carbons (Fsp3) is 1.00. The van der Waals surface area contributed by atoms with Crippen LogP contribution in [0.3, 0.4) is 0 Å². The summed E-state index contributed by atoms with van der Waals surface area (Å²) < 4.78 is 0. The molecule has 46 valence electrons. The molecule has 0 saturated carbocycles. The normalized spacial score (nSPS) is 19.2. The average molecular weight is 116 g/mol. The van der Waals surface area contributed by atoms with Crippen molar-refractivity contribution in [1.82, 2.24) is 5.01 Å². The third kappa shape index (κ3) is 0.882. The first-order valence-corrected chi connectivity index (χ1v) is 2.70. The van der Waals surface area contributed by atoms with Crippen molar-refractivity contribution in [2.24, 2.45) is 0 Å². The zero-order chi connectivity index (χ0) is 5.98. The standard InChI is InChI=1S/C4H8N2O2/c7-6(8)5-3-1-2-4-5/h1-4H2. The molecule has 0 aromatic carbocycles. The molecule has 0 unspecified atom stereocenters. The summed E-state index contributed by atoms with van der Waals surface area (Å²) in [5.41, 5.74) is 0. The second-order valence-corrected chi connectivity index (χ2v) is 1.90. The predicted molar refractivity (Wildman–Crippen MR) is 27.8 cm³/mol. The van der Waals surface area contributed by atoms with Gasteiger partial charge in [-0.2, -0.15) is 0 Å². The van der Waals surface area contributed by atoms with Crippen molar-refractivity contribution in [3.8, 4) is 0 Å². The van der Waals surface area contributed by atoms with E-state index in [0.717, 1.165) is 12.8 Å². The summed E-state index contributed by atoms with van der Waals surface area (Å²) in [7, 11) is 0. The van der Waals surface area contributed by atoms with Gasteiger partial charge in [-0.3, -0.25) is 0 Å². The molecule has 1 saturated heterocycles. The number of hydrogen-bond acceptors (Lipinski definition) is 2. The summed E-state index contributed by atoms with van der Waals surface area (Å²) in [5.74, 6) is 0. The van der Waals surface area contributed by atoms with Gasteiger partial charge in [-0.25, -0.2) is 10.1 Å². The number of nitrogens with zero attached hydrogens (tertiary/aromatic N) is 2. The van der Waals surface area contributed by atoms with Crippen LogP contribution in [0.2, 0.25) is 0 Å². The first-order valence-electron chi connectivity index (χ1n) is 2.70. The van der Waals surface area contributed by atoms with Gasteiger partial charge in [-0.05, 0) is 12.8 Å². The first-order chi connectivity index (χ1) is 3.80. The quantitative estimate of drug-likeness (QED) is 0.365.